The highest BCUT2D eigenvalue weighted by molar-refractivity contribution is 7.98. The van der Waals surface area contributed by atoms with E-state index in [1.54, 1.807) is 18.7 Å². The van der Waals surface area contributed by atoms with Crippen LogP contribution in [0.5, 0.6) is 0 Å². The second-order valence-electron chi connectivity index (χ2n) is 3.00. The Morgan fingerprint density at radius 2 is 2.40 bits per heavy atom. The van der Waals surface area contributed by atoms with Gasteiger partial charge in [-0.2, -0.15) is 11.8 Å². The average Bonchev–Trinajstić information content (AvgIpc) is 2.60. The van der Waals surface area contributed by atoms with Gasteiger partial charge in [0.15, 0.2) is 0 Å². The highest BCUT2D eigenvalue weighted by atomic mass is 32.2. The normalized spacial score (nSPS) is 12.5. The number of hydrogen-bond acceptors (Lipinski definition) is 6. The number of carbonyl (C=O) groups is 1. The zero-order valence-corrected chi connectivity index (χ0v) is 9.50. The van der Waals surface area contributed by atoms with E-state index in [9.17, 15) is 4.79 Å². The number of aryl methyl sites for hydroxylation is 1. The third kappa shape index (κ3) is 3.88. The molecule has 0 radical (unpaired) electrons. The molecule has 0 fully saturated rings. The van der Waals surface area contributed by atoms with Crippen LogP contribution in [-0.4, -0.2) is 34.2 Å². The third-order valence-corrected chi connectivity index (χ3v) is 2.37. The van der Waals surface area contributed by atoms with Gasteiger partial charge in [0.25, 0.3) is 0 Å². The topological polar surface area (TPSA) is 94.0 Å². The van der Waals surface area contributed by atoms with Crippen LogP contribution in [0.4, 0.5) is 6.01 Å². The largest absolute Gasteiger partial charge is 0.408 e. The first-order valence-corrected chi connectivity index (χ1v) is 5.88. The zero-order chi connectivity index (χ0) is 11.3. The van der Waals surface area contributed by atoms with Crippen molar-refractivity contribution >= 4 is 23.7 Å². The van der Waals surface area contributed by atoms with Crippen LogP contribution in [0.2, 0.25) is 0 Å². The van der Waals surface area contributed by atoms with E-state index in [0.29, 0.717) is 12.3 Å². The van der Waals surface area contributed by atoms with Crippen molar-refractivity contribution in [2.45, 2.75) is 19.4 Å². The molecule has 0 saturated heterocycles. The number of carbonyl (C=O) groups excluding carboxylic acids is 1. The van der Waals surface area contributed by atoms with Gasteiger partial charge in [0.2, 0.25) is 11.8 Å². The van der Waals surface area contributed by atoms with Crippen LogP contribution in [-0.2, 0) is 4.79 Å². The molecule has 6 nitrogen and oxygen atoms in total. The number of hydrogen-bond donors (Lipinski definition) is 2. The molecule has 0 aliphatic carbocycles. The minimum Gasteiger partial charge on any atom is -0.408 e. The standard InChI is InChI=1S/C8H14N4O2S/c1-5-11-12-8(14-5)10-7(13)6(9)3-4-15-2/h6H,3-4,9H2,1-2H3,(H,10,12,13)/t6-/m0/s1. The predicted octanol–water partition coefficient (Wildman–Crippen LogP) is 0.397. The van der Waals surface area contributed by atoms with Crippen LogP contribution in [0, 0.1) is 6.92 Å². The van der Waals surface area contributed by atoms with E-state index >= 15 is 0 Å². The molecule has 7 heteroatoms. The molecule has 0 bridgehead atoms. The maximum absolute atomic E-state index is 11.5. The molecule has 0 spiro atoms. The fourth-order valence-corrected chi connectivity index (χ4v) is 1.41. The molecule has 1 aromatic heterocycles. The van der Waals surface area contributed by atoms with Gasteiger partial charge >= 0.3 is 6.01 Å². The number of nitrogens with one attached hydrogen (secondary N) is 1. The molecule has 1 amide bonds. The van der Waals surface area contributed by atoms with Crippen LogP contribution in [0.1, 0.15) is 12.3 Å². The molecule has 1 aromatic rings. The molecule has 3 N–H and O–H groups in total. The molecule has 84 valence electrons. The van der Waals surface area contributed by atoms with E-state index in [1.165, 1.54) is 0 Å². The Kier molecular flexibility index (Phi) is 4.57. The second-order valence-corrected chi connectivity index (χ2v) is 3.99. The van der Waals surface area contributed by atoms with E-state index in [1.807, 2.05) is 6.26 Å². The minimum absolute atomic E-state index is 0.0945. The van der Waals surface area contributed by atoms with Crippen molar-refractivity contribution in [1.82, 2.24) is 10.2 Å². The molecule has 0 saturated carbocycles. The maximum atomic E-state index is 11.5. The van der Waals surface area contributed by atoms with Crippen molar-refractivity contribution in [1.29, 1.82) is 0 Å². The summed E-state index contributed by atoms with van der Waals surface area (Å²) in [5.74, 6) is 0.952. The monoisotopic (exact) mass is 230 g/mol. The van der Waals surface area contributed by atoms with E-state index in [2.05, 4.69) is 15.5 Å². The highest BCUT2D eigenvalue weighted by Crippen LogP contribution is 2.05. The quantitative estimate of drug-likeness (QED) is 0.760. The second kappa shape index (κ2) is 5.72. The SMILES string of the molecule is CSCC[C@H](N)C(=O)Nc1nnc(C)o1. The Morgan fingerprint density at radius 3 is 2.93 bits per heavy atom. The Labute approximate surface area is 92.0 Å². The highest BCUT2D eigenvalue weighted by Gasteiger charge is 2.15. The third-order valence-electron chi connectivity index (χ3n) is 1.73. The van der Waals surface area contributed by atoms with Gasteiger partial charge < -0.3 is 10.2 Å². The lowest BCUT2D eigenvalue weighted by molar-refractivity contribution is -0.117. The number of aromatic nitrogens is 2. The number of nitrogens with two attached hydrogens (primary N) is 1. The van der Waals surface area contributed by atoms with Gasteiger partial charge in [-0.05, 0) is 18.4 Å². The summed E-state index contributed by atoms with van der Waals surface area (Å²) in [6, 6.07) is -0.443. The van der Waals surface area contributed by atoms with Crippen LogP contribution >= 0.6 is 11.8 Å². The van der Waals surface area contributed by atoms with Gasteiger partial charge in [-0.15, -0.1) is 5.10 Å². The molecular weight excluding hydrogens is 216 g/mol. The summed E-state index contributed by atoms with van der Waals surface area (Å²) in [5, 5.41) is 9.68. The number of rotatable bonds is 5. The summed E-state index contributed by atoms with van der Waals surface area (Å²) in [7, 11) is 0. The Balaban J connectivity index is 2.41. The molecule has 0 aliphatic heterocycles. The van der Waals surface area contributed by atoms with Crippen LogP contribution < -0.4 is 11.1 Å². The summed E-state index contributed by atoms with van der Waals surface area (Å²) in [6.07, 6.45) is 2.59. The minimum atomic E-state index is -0.537. The molecule has 1 heterocycles. The fraction of sp³-hybridized carbons (Fsp3) is 0.625. The fourth-order valence-electron chi connectivity index (χ4n) is 0.921. The van der Waals surface area contributed by atoms with Gasteiger partial charge in [-0.3, -0.25) is 10.1 Å². The Hall–Kier alpha value is -1.08. The summed E-state index contributed by atoms with van der Waals surface area (Å²) < 4.78 is 4.99. The number of amides is 1. The summed E-state index contributed by atoms with van der Waals surface area (Å²) in [6.45, 7) is 1.65. The number of anilines is 1. The van der Waals surface area contributed by atoms with E-state index in [0.717, 1.165) is 5.75 Å². The number of thioether (sulfide) groups is 1. The van der Waals surface area contributed by atoms with Gasteiger partial charge in [-0.25, -0.2) is 0 Å². The first-order valence-electron chi connectivity index (χ1n) is 4.49. The van der Waals surface area contributed by atoms with E-state index in [4.69, 9.17) is 10.2 Å². The zero-order valence-electron chi connectivity index (χ0n) is 8.69. The van der Waals surface area contributed by atoms with Crippen molar-refractivity contribution in [3.05, 3.63) is 5.89 Å². The Bertz CT molecular complexity index is 328. The smallest absolute Gasteiger partial charge is 0.322 e. The molecule has 0 aromatic carbocycles. The van der Waals surface area contributed by atoms with Crippen LogP contribution in [0.25, 0.3) is 0 Å². The Morgan fingerprint density at radius 1 is 1.67 bits per heavy atom. The molecule has 1 atom stereocenters. The van der Waals surface area contributed by atoms with Crippen LogP contribution in [0.3, 0.4) is 0 Å². The van der Waals surface area contributed by atoms with Crippen molar-refractivity contribution in [3.8, 4) is 0 Å². The van der Waals surface area contributed by atoms with Crippen molar-refractivity contribution in [2.24, 2.45) is 5.73 Å². The van der Waals surface area contributed by atoms with Gasteiger partial charge in [-0.1, -0.05) is 5.10 Å². The van der Waals surface area contributed by atoms with Gasteiger partial charge in [0.05, 0.1) is 6.04 Å². The molecule has 1 rings (SSSR count). The molecule has 0 unspecified atom stereocenters. The predicted molar refractivity (Wildman–Crippen MR) is 58.6 cm³/mol. The summed E-state index contributed by atoms with van der Waals surface area (Å²) >= 11 is 1.65. The van der Waals surface area contributed by atoms with Gasteiger partial charge in [0, 0.05) is 6.92 Å². The van der Waals surface area contributed by atoms with Crippen molar-refractivity contribution < 1.29 is 9.21 Å². The van der Waals surface area contributed by atoms with Crippen molar-refractivity contribution in [2.75, 3.05) is 17.3 Å². The van der Waals surface area contributed by atoms with Crippen LogP contribution in [0.15, 0.2) is 4.42 Å². The average molecular weight is 230 g/mol. The summed E-state index contributed by atoms with van der Waals surface area (Å²) in [5.41, 5.74) is 5.64. The van der Waals surface area contributed by atoms with E-state index in [-0.39, 0.29) is 11.9 Å². The lowest BCUT2D eigenvalue weighted by Crippen LogP contribution is -2.36. The summed E-state index contributed by atoms with van der Waals surface area (Å²) in [4.78, 5) is 11.5. The molecule has 0 aliphatic rings. The van der Waals surface area contributed by atoms with E-state index < -0.39 is 6.04 Å². The lowest BCUT2D eigenvalue weighted by Gasteiger charge is -2.08. The molecule has 15 heavy (non-hydrogen) atoms. The molecular formula is C8H14N4O2S. The maximum Gasteiger partial charge on any atom is 0.322 e. The lowest BCUT2D eigenvalue weighted by atomic mass is 10.2. The van der Waals surface area contributed by atoms with Crippen molar-refractivity contribution in [3.63, 3.8) is 0 Å². The first kappa shape index (κ1) is 12.0. The van der Waals surface area contributed by atoms with Gasteiger partial charge in [0.1, 0.15) is 0 Å². The number of nitrogens with zero attached hydrogens (tertiary/aromatic N) is 2. The first-order chi connectivity index (χ1) is 7.13.